The van der Waals surface area contributed by atoms with Crippen LogP contribution < -0.4 is 5.32 Å². The van der Waals surface area contributed by atoms with E-state index in [1.165, 1.54) is 38.6 Å². The van der Waals surface area contributed by atoms with Crippen molar-refractivity contribution in [3.05, 3.63) is 18.0 Å². The lowest BCUT2D eigenvalue weighted by Crippen LogP contribution is -2.15. The van der Waals surface area contributed by atoms with Crippen LogP contribution in [-0.2, 0) is 6.54 Å². The maximum absolute atomic E-state index is 4.37. The maximum atomic E-state index is 4.37. The van der Waals surface area contributed by atoms with E-state index in [2.05, 4.69) is 29.6 Å². The van der Waals surface area contributed by atoms with Crippen LogP contribution in [0.5, 0.6) is 0 Å². The number of aryl methyl sites for hydroxylation is 2. The number of aromatic nitrogens is 2. The fourth-order valence-electron chi connectivity index (χ4n) is 1.77. The number of hydrogen-bond acceptors (Lipinski definition) is 2. The molecule has 0 saturated carbocycles. The second-order valence-corrected chi connectivity index (χ2v) is 4.38. The summed E-state index contributed by atoms with van der Waals surface area (Å²) in [5.74, 6) is 0. The third kappa shape index (κ3) is 5.91. The summed E-state index contributed by atoms with van der Waals surface area (Å²) in [6.07, 6.45) is 8.49. The molecule has 0 spiro atoms. The lowest BCUT2D eigenvalue weighted by Gasteiger charge is -2.03. The predicted molar refractivity (Wildman–Crippen MR) is 68.6 cm³/mol. The van der Waals surface area contributed by atoms with Gasteiger partial charge in [-0.05, 0) is 45.3 Å². The summed E-state index contributed by atoms with van der Waals surface area (Å²) in [4.78, 5) is 0. The molecule has 0 unspecified atom stereocenters. The van der Waals surface area contributed by atoms with Gasteiger partial charge in [-0.3, -0.25) is 4.68 Å². The summed E-state index contributed by atoms with van der Waals surface area (Å²) in [5.41, 5.74) is 1.11. The van der Waals surface area contributed by atoms with Gasteiger partial charge in [0.05, 0.1) is 5.69 Å². The van der Waals surface area contributed by atoms with E-state index in [-0.39, 0.29) is 0 Å². The molecule has 1 rings (SSSR count). The van der Waals surface area contributed by atoms with Crippen molar-refractivity contribution in [2.75, 3.05) is 13.1 Å². The summed E-state index contributed by atoms with van der Waals surface area (Å²) in [6.45, 7) is 7.65. The van der Waals surface area contributed by atoms with Crippen LogP contribution >= 0.6 is 0 Å². The monoisotopic (exact) mass is 223 g/mol. The zero-order valence-electron chi connectivity index (χ0n) is 10.7. The first-order chi connectivity index (χ1) is 7.83. The van der Waals surface area contributed by atoms with Crippen molar-refractivity contribution in [3.8, 4) is 0 Å². The Morgan fingerprint density at radius 3 is 2.69 bits per heavy atom. The Hall–Kier alpha value is -0.830. The molecule has 1 N–H and O–H groups in total. The van der Waals surface area contributed by atoms with Crippen LogP contribution in [0.2, 0.25) is 0 Å². The SMILES string of the molecule is CCCNCCCCCCn1ccc(C)n1. The number of rotatable bonds is 9. The van der Waals surface area contributed by atoms with Gasteiger partial charge in [-0.25, -0.2) is 0 Å². The van der Waals surface area contributed by atoms with Crippen molar-refractivity contribution in [1.82, 2.24) is 15.1 Å². The molecule has 1 aromatic rings. The van der Waals surface area contributed by atoms with Crippen LogP contribution in [0, 0.1) is 6.92 Å². The molecule has 1 heterocycles. The average molecular weight is 223 g/mol. The number of unbranched alkanes of at least 4 members (excludes halogenated alkanes) is 3. The molecular formula is C13H25N3. The molecule has 0 saturated heterocycles. The van der Waals surface area contributed by atoms with E-state index in [9.17, 15) is 0 Å². The third-order valence-corrected chi connectivity index (χ3v) is 2.69. The predicted octanol–water partition coefficient (Wildman–Crippen LogP) is 2.75. The average Bonchev–Trinajstić information content (AvgIpc) is 2.68. The van der Waals surface area contributed by atoms with E-state index >= 15 is 0 Å². The van der Waals surface area contributed by atoms with E-state index in [4.69, 9.17) is 0 Å². The number of hydrogen-bond donors (Lipinski definition) is 1. The van der Waals surface area contributed by atoms with Gasteiger partial charge in [-0.15, -0.1) is 0 Å². The Bertz CT molecular complexity index is 268. The second-order valence-electron chi connectivity index (χ2n) is 4.38. The van der Waals surface area contributed by atoms with Crippen LogP contribution in [0.4, 0.5) is 0 Å². The van der Waals surface area contributed by atoms with Crippen molar-refractivity contribution >= 4 is 0 Å². The van der Waals surface area contributed by atoms with Crippen molar-refractivity contribution in [3.63, 3.8) is 0 Å². The minimum atomic E-state index is 1.07. The second kappa shape index (κ2) is 8.34. The molecule has 0 atom stereocenters. The zero-order chi connectivity index (χ0) is 11.6. The van der Waals surface area contributed by atoms with Gasteiger partial charge in [-0.1, -0.05) is 19.8 Å². The molecule has 0 amide bonds. The summed E-state index contributed by atoms with van der Waals surface area (Å²) < 4.78 is 2.05. The summed E-state index contributed by atoms with van der Waals surface area (Å²) in [5, 5.41) is 7.80. The van der Waals surface area contributed by atoms with Gasteiger partial charge in [0, 0.05) is 12.7 Å². The highest BCUT2D eigenvalue weighted by molar-refractivity contribution is 4.94. The fraction of sp³-hybridized carbons (Fsp3) is 0.769. The number of nitrogens with one attached hydrogen (secondary N) is 1. The molecule has 16 heavy (non-hydrogen) atoms. The molecule has 0 aliphatic carbocycles. The standard InChI is InChI=1S/C13H25N3/c1-3-9-14-10-6-4-5-7-11-16-12-8-13(2)15-16/h8,12,14H,3-7,9-11H2,1-2H3. The maximum Gasteiger partial charge on any atom is 0.0593 e. The van der Waals surface area contributed by atoms with Gasteiger partial charge in [0.25, 0.3) is 0 Å². The van der Waals surface area contributed by atoms with Crippen LogP contribution in [0.1, 0.15) is 44.7 Å². The molecule has 1 aromatic heterocycles. The molecule has 3 heteroatoms. The normalized spacial score (nSPS) is 10.9. The first-order valence-electron chi connectivity index (χ1n) is 6.53. The Labute approximate surface area is 99.2 Å². The van der Waals surface area contributed by atoms with E-state index in [1.54, 1.807) is 0 Å². The van der Waals surface area contributed by atoms with Crippen LogP contribution in [0.15, 0.2) is 12.3 Å². The largest absolute Gasteiger partial charge is 0.317 e. The van der Waals surface area contributed by atoms with Crippen LogP contribution in [0.3, 0.4) is 0 Å². The highest BCUT2D eigenvalue weighted by atomic mass is 15.3. The van der Waals surface area contributed by atoms with Gasteiger partial charge in [-0.2, -0.15) is 5.10 Å². The Kier molecular flexibility index (Phi) is 6.90. The first-order valence-corrected chi connectivity index (χ1v) is 6.53. The van der Waals surface area contributed by atoms with Gasteiger partial charge in [0.2, 0.25) is 0 Å². The van der Waals surface area contributed by atoms with Gasteiger partial charge in [0.15, 0.2) is 0 Å². The van der Waals surface area contributed by atoms with Crippen molar-refractivity contribution in [1.29, 1.82) is 0 Å². The van der Waals surface area contributed by atoms with Crippen molar-refractivity contribution < 1.29 is 0 Å². The van der Waals surface area contributed by atoms with Gasteiger partial charge < -0.3 is 5.32 Å². The molecule has 0 fully saturated rings. The Morgan fingerprint density at radius 1 is 1.19 bits per heavy atom. The molecule has 0 bridgehead atoms. The summed E-state index contributed by atoms with van der Waals surface area (Å²) in [6, 6.07) is 2.06. The smallest absolute Gasteiger partial charge is 0.0593 e. The van der Waals surface area contributed by atoms with Crippen LogP contribution in [0.25, 0.3) is 0 Å². The summed E-state index contributed by atoms with van der Waals surface area (Å²) in [7, 11) is 0. The van der Waals surface area contributed by atoms with E-state index in [0.29, 0.717) is 0 Å². The minimum Gasteiger partial charge on any atom is -0.317 e. The summed E-state index contributed by atoms with van der Waals surface area (Å²) >= 11 is 0. The number of nitrogens with zero attached hydrogens (tertiary/aromatic N) is 2. The van der Waals surface area contributed by atoms with E-state index in [0.717, 1.165) is 18.8 Å². The molecule has 0 aliphatic heterocycles. The van der Waals surface area contributed by atoms with Gasteiger partial charge in [0.1, 0.15) is 0 Å². The van der Waals surface area contributed by atoms with Gasteiger partial charge >= 0.3 is 0 Å². The van der Waals surface area contributed by atoms with E-state index in [1.807, 2.05) is 11.6 Å². The lowest BCUT2D eigenvalue weighted by atomic mass is 10.2. The third-order valence-electron chi connectivity index (χ3n) is 2.69. The zero-order valence-corrected chi connectivity index (χ0v) is 10.7. The molecule has 92 valence electrons. The van der Waals surface area contributed by atoms with E-state index < -0.39 is 0 Å². The molecule has 3 nitrogen and oxygen atoms in total. The Balaban J connectivity index is 1.88. The topological polar surface area (TPSA) is 29.9 Å². The minimum absolute atomic E-state index is 1.07. The first kappa shape index (κ1) is 13.2. The molecule has 0 aromatic carbocycles. The molecule has 0 radical (unpaired) electrons. The molecule has 0 aliphatic rings. The quantitative estimate of drug-likeness (QED) is 0.652. The fourth-order valence-corrected chi connectivity index (χ4v) is 1.77. The molecular weight excluding hydrogens is 198 g/mol. The lowest BCUT2D eigenvalue weighted by molar-refractivity contribution is 0.523. The Morgan fingerprint density at radius 2 is 2.00 bits per heavy atom. The highest BCUT2D eigenvalue weighted by Crippen LogP contribution is 2.02. The van der Waals surface area contributed by atoms with Crippen LogP contribution in [-0.4, -0.2) is 22.9 Å². The highest BCUT2D eigenvalue weighted by Gasteiger charge is 1.94. The van der Waals surface area contributed by atoms with Crippen molar-refractivity contribution in [2.24, 2.45) is 0 Å². The van der Waals surface area contributed by atoms with Crippen molar-refractivity contribution in [2.45, 2.75) is 52.5 Å².